The minimum absolute atomic E-state index is 0.0509. The zero-order valence-electron chi connectivity index (χ0n) is 44.0. The maximum atomic E-state index is 15.1. The van der Waals surface area contributed by atoms with Crippen LogP contribution in [0.4, 0.5) is 10.2 Å². The predicted octanol–water partition coefficient (Wildman–Crippen LogP) is 9.44. The number of aromatic nitrogens is 7. The molecule has 73 heavy (non-hydrogen) atoms. The molecule has 5 N–H and O–H groups in total. The maximum absolute atomic E-state index is 15.1. The summed E-state index contributed by atoms with van der Waals surface area (Å²) >= 11 is 6.78. The smallest absolute Gasteiger partial charge is 0.163 e. The van der Waals surface area contributed by atoms with Crippen LogP contribution >= 0.6 is 11.6 Å². The van der Waals surface area contributed by atoms with E-state index in [0.29, 0.717) is 87.7 Å². The molecule has 2 aromatic carbocycles. The number of hydrogen-bond donors (Lipinski definition) is 5. The fourth-order valence-corrected chi connectivity index (χ4v) is 8.72. The van der Waals surface area contributed by atoms with Gasteiger partial charge in [-0.3, -0.25) is 0 Å². The van der Waals surface area contributed by atoms with Gasteiger partial charge in [0.25, 0.3) is 0 Å². The summed E-state index contributed by atoms with van der Waals surface area (Å²) in [5, 5.41) is 42.0. The van der Waals surface area contributed by atoms with Crippen LogP contribution in [-0.4, -0.2) is 117 Å². The quantitative estimate of drug-likeness (QED) is 0.0571. The lowest BCUT2D eigenvalue weighted by molar-refractivity contribution is 0.0231. The Bertz CT molecular complexity index is 2830. The van der Waals surface area contributed by atoms with Gasteiger partial charge in [-0.05, 0) is 120 Å². The van der Waals surface area contributed by atoms with Gasteiger partial charge in [-0.2, -0.15) is 0 Å². The van der Waals surface area contributed by atoms with E-state index < -0.39 is 18.0 Å². The molecule has 18 nitrogen and oxygen atoms in total. The average Bonchev–Trinajstić information content (AvgIpc) is 4.01. The predicted molar refractivity (Wildman–Crippen MR) is 279 cm³/mol. The van der Waals surface area contributed by atoms with Crippen LogP contribution < -0.4 is 25.4 Å². The summed E-state index contributed by atoms with van der Waals surface area (Å²) in [5.41, 5.74) is 8.74. The van der Waals surface area contributed by atoms with Crippen LogP contribution in [0.2, 0.25) is 5.02 Å². The second-order valence-electron chi connectivity index (χ2n) is 17.7. The molecule has 8 rings (SSSR count). The lowest BCUT2D eigenvalue weighted by atomic mass is 9.99. The number of aryl methyl sites for hydroxylation is 6. The highest BCUT2D eigenvalue weighted by atomic mass is 35.5. The molecular weight excluding hydrogens is 959 g/mol. The monoisotopic (exact) mass is 1030 g/mol. The van der Waals surface area contributed by atoms with Crippen LogP contribution in [0.25, 0.3) is 56.5 Å². The summed E-state index contributed by atoms with van der Waals surface area (Å²) in [6.07, 6.45) is 0.596. The van der Waals surface area contributed by atoms with E-state index in [-0.39, 0.29) is 36.7 Å². The van der Waals surface area contributed by atoms with Gasteiger partial charge in [0.15, 0.2) is 11.6 Å². The zero-order chi connectivity index (χ0) is 53.1. The lowest BCUT2D eigenvalue weighted by Crippen LogP contribution is -2.33. The number of nitrogens with one attached hydrogen (secondary N) is 3. The Morgan fingerprint density at radius 2 is 1.21 bits per heavy atom. The number of aliphatic hydroxyl groups is 2. The normalized spacial score (nSPS) is 15.2. The third kappa shape index (κ3) is 13.3. The van der Waals surface area contributed by atoms with Crippen molar-refractivity contribution in [3.8, 4) is 68.0 Å². The molecule has 6 heterocycles. The van der Waals surface area contributed by atoms with E-state index >= 15 is 4.39 Å². The number of halogens is 2. The Balaban J connectivity index is 0.000000230. The molecule has 20 heteroatoms. The number of likely N-dealkylation sites (N-methyl/N-ethyl adjacent to an activating group) is 2. The van der Waals surface area contributed by atoms with Gasteiger partial charge < -0.3 is 53.9 Å². The number of rotatable bonds is 17. The van der Waals surface area contributed by atoms with Gasteiger partial charge in [0, 0.05) is 42.4 Å². The molecule has 1 saturated heterocycles. The van der Waals surface area contributed by atoms with Crippen LogP contribution in [0.5, 0.6) is 11.5 Å². The number of anilines is 1. The summed E-state index contributed by atoms with van der Waals surface area (Å²) in [7, 11) is 3.51. The maximum Gasteiger partial charge on any atom is 0.163 e. The van der Waals surface area contributed by atoms with E-state index in [1.807, 2.05) is 67.5 Å². The number of ether oxygens (including phenoxy) is 3. The highest BCUT2D eigenvalue weighted by Crippen LogP contribution is 2.40. The van der Waals surface area contributed by atoms with Crippen molar-refractivity contribution in [3.63, 3.8) is 0 Å². The topological polar surface area (TPSA) is 234 Å². The SMILES string of the molecule is CC.CNCC(O)COc1ccc(F)c(-c2nc(-c3c(C)noc3C)c(C)c(-c3c(C)noc3C)n2)c1.CNCC(O)COc1cccc(-c2nc(NC3CCOC(C)C3)c(C)c(-c3c(C)noc3C)n2)c1Cl. The number of aliphatic hydroxyl groups excluding tert-OH is 2. The summed E-state index contributed by atoms with van der Waals surface area (Å²) in [6.45, 7) is 22.7. The molecule has 1 fully saturated rings. The van der Waals surface area contributed by atoms with Crippen LogP contribution in [0.1, 0.15) is 79.1 Å². The summed E-state index contributed by atoms with van der Waals surface area (Å²) in [4.78, 5) is 19.3. The second-order valence-corrected chi connectivity index (χ2v) is 18.1. The molecule has 392 valence electrons. The summed E-state index contributed by atoms with van der Waals surface area (Å²) in [6, 6.07) is 10.0. The molecule has 0 aliphatic carbocycles. The van der Waals surface area contributed by atoms with Crippen LogP contribution in [0.3, 0.4) is 0 Å². The van der Waals surface area contributed by atoms with Crippen molar-refractivity contribution >= 4 is 17.4 Å². The largest absolute Gasteiger partial charge is 0.491 e. The lowest BCUT2D eigenvalue weighted by Gasteiger charge is -2.29. The molecule has 4 atom stereocenters. The second kappa shape index (κ2) is 25.5. The Morgan fingerprint density at radius 3 is 1.70 bits per heavy atom. The van der Waals surface area contributed by atoms with Gasteiger partial charge in [-0.25, -0.2) is 24.3 Å². The fourth-order valence-electron chi connectivity index (χ4n) is 8.46. The number of hydrogen-bond acceptors (Lipinski definition) is 18. The minimum Gasteiger partial charge on any atom is -0.491 e. The van der Waals surface area contributed by atoms with E-state index in [1.165, 1.54) is 18.2 Å². The molecule has 0 spiro atoms. The van der Waals surface area contributed by atoms with Crippen LogP contribution in [0, 0.1) is 61.2 Å². The molecule has 0 saturated carbocycles. The molecule has 5 aromatic heterocycles. The average molecular weight is 1030 g/mol. The number of benzene rings is 2. The first-order valence-electron chi connectivity index (χ1n) is 24.4. The van der Waals surface area contributed by atoms with Crippen molar-refractivity contribution < 1.29 is 42.4 Å². The van der Waals surface area contributed by atoms with Crippen molar-refractivity contribution in [2.45, 2.75) is 113 Å². The van der Waals surface area contributed by atoms with Crippen LogP contribution in [-0.2, 0) is 4.74 Å². The molecule has 0 radical (unpaired) electrons. The zero-order valence-corrected chi connectivity index (χ0v) is 44.7. The van der Waals surface area contributed by atoms with E-state index in [0.717, 1.165) is 57.9 Å². The van der Waals surface area contributed by atoms with E-state index in [2.05, 4.69) is 38.3 Å². The standard InChI is InChI=1S/C26H34ClN5O4.C25H28FN5O4.C2H6/c1-14-11-18(9-10-34-14)29-25-15(2)24(22-16(3)32-36-17(22)4)30-26(31-25)20-7-6-8-21(23(20)27)35-13-19(33)12-28-5;1-12-23(21-13(2)30-34-15(21)4)28-25(29-24(12)22-14(3)31-35-16(22)5)19-9-18(7-8-20(19)26)33-11-17(32)10-27-6;1-2/h6-8,14,18-19,28,33H,9-13H2,1-5H3,(H,29,30,31);7-9,17,27,32H,10-11H2,1-6H3;1-2H3. The fraction of sp³-hybridized carbons (Fsp3) is 0.453. The summed E-state index contributed by atoms with van der Waals surface area (Å²) < 4.78 is 48.5. The Morgan fingerprint density at radius 1 is 0.699 bits per heavy atom. The molecule has 0 bridgehead atoms. The van der Waals surface area contributed by atoms with Crippen molar-refractivity contribution in [2.24, 2.45) is 0 Å². The Hall–Kier alpha value is -6.35. The Kier molecular flexibility index (Phi) is 19.6. The Labute approximate surface area is 430 Å². The van der Waals surface area contributed by atoms with E-state index in [4.69, 9.17) is 59.3 Å². The van der Waals surface area contributed by atoms with E-state index in [1.54, 1.807) is 34.0 Å². The third-order valence-corrected chi connectivity index (χ3v) is 12.5. The van der Waals surface area contributed by atoms with Gasteiger partial charge in [0.2, 0.25) is 0 Å². The number of nitrogens with zero attached hydrogens (tertiary/aromatic N) is 7. The molecule has 0 amide bonds. The van der Waals surface area contributed by atoms with Crippen molar-refractivity contribution in [1.29, 1.82) is 0 Å². The van der Waals surface area contributed by atoms with Gasteiger partial charge in [-0.1, -0.05) is 47.0 Å². The van der Waals surface area contributed by atoms with Crippen molar-refractivity contribution in [3.05, 3.63) is 92.7 Å². The molecular formula is C53H68ClFN10O8. The first-order valence-corrected chi connectivity index (χ1v) is 24.8. The first-order chi connectivity index (χ1) is 35.0. The highest BCUT2D eigenvalue weighted by molar-refractivity contribution is 6.34. The first kappa shape index (κ1) is 56.0. The van der Waals surface area contributed by atoms with Crippen LogP contribution in [0.15, 0.2) is 50.0 Å². The van der Waals surface area contributed by atoms with E-state index in [9.17, 15) is 10.2 Å². The highest BCUT2D eigenvalue weighted by Gasteiger charge is 2.27. The van der Waals surface area contributed by atoms with Gasteiger partial charge in [0.1, 0.15) is 65.8 Å². The van der Waals surface area contributed by atoms with Crippen molar-refractivity contribution in [2.75, 3.05) is 52.3 Å². The third-order valence-electron chi connectivity index (χ3n) is 12.1. The minimum atomic E-state index is -0.707. The molecule has 4 unspecified atom stereocenters. The van der Waals surface area contributed by atoms with Gasteiger partial charge in [-0.15, -0.1) is 0 Å². The molecule has 1 aliphatic heterocycles. The van der Waals surface area contributed by atoms with Gasteiger partial charge in [0.05, 0.1) is 67.5 Å². The van der Waals surface area contributed by atoms with Gasteiger partial charge >= 0.3 is 0 Å². The molecule has 1 aliphatic rings. The summed E-state index contributed by atoms with van der Waals surface area (Å²) in [5.74, 6) is 3.58. The van der Waals surface area contributed by atoms with Crippen molar-refractivity contribution in [1.82, 2.24) is 46.0 Å². The molecule has 7 aromatic rings.